The van der Waals surface area contributed by atoms with E-state index >= 15 is 0 Å². The third kappa shape index (κ3) is 6.34. The Hall–Kier alpha value is -0.630. The van der Waals surface area contributed by atoms with Crippen LogP contribution in [0.1, 0.15) is 71.6 Å². The van der Waals surface area contributed by atoms with Gasteiger partial charge in [-0.2, -0.15) is 0 Å². The molecule has 1 unspecified atom stereocenters. The average Bonchev–Trinajstić information content (AvgIpc) is 2.99. The van der Waals surface area contributed by atoms with Gasteiger partial charge < -0.3 is 5.32 Å². The van der Waals surface area contributed by atoms with Crippen molar-refractivity contribution in [3.8, 4) is 0 Å². The molecule has 1 aromatic rings. The van der Waals surface area contributed by atoms with Crippen molar-refractivity contribution >= 4 is 17.4 Å². The first-order valence-corrected chi connectivity index (χ1v) is 9.69. The summed E-state index contributed by atoms with van der Waals surface area (Å²) >= 11 is 2.07. The molecule has 1 N–H and O–H groups in total. The summed E-state index contributed by atoms with van der Waals surface area (Å²) in [4.78, 5) is 1.43. The molecule has 1 aromatic carbocycles. The number of rotatable bonds is 9. The molecule has 0 aromatic heterocycles. The minimum Gasteiger partial charge on any atom is -0.383 e. The second-order valence-corrected chi connectivity index (χ2v) is 7.82. The van der Waals surface area contributed by atoms with Crippen LogP contribution in [0.25, 0.3) is 0 Å². The third-order valence-corrected chi connectivity index (χ3v) is 5.71. The Morgan fingerprint density at radius 1 is 1.10 bits per heavy atom. The van der Waals surface area contributed by atoms with Crippen LogP contribution in [0.15, 0.2) is 29.2 Å². The summed E-state index contributed by atoms with van der Waals surface area (Å²) in [6, 6.07) is 9.65. The predicted octanol–water partition coefficient (Wildman–Crippen LogP) is 6.49. The first-order valence-electron chi connectivity index (χ1n) is 8.81. The number of nitrogens with one attached hydrogen (secondary N) is 1. The summed E-state index contributed by atoms with van der Waals surface area (Å²) in [7, 11) is 0. The van der Waals surface area contributed by atoms with Crippen LogP contribution in [0.2, 0.25) is 0 Å². The lowest BCUT2D eigenvalue weighted by molar-refractivity contribution is 0.594. The maximum atomic E-state index is 3.63. The van der Waals surface area contributed by atoms with Gasteiger partial charge in [0.1, 0.15) is 0 Å². The van der Waals surface area contributed by atoms with Crippen LogP contribution in [0.4, 0.5) is 5.69 Å². The van der Waals surface area contributed by atoms with Gasteiger partial charge in [0, 0.05) is 21.9 Å². The van der Waals surface area contributed by atoms with Crippen LogP contribution in [0, 0.1) is 0 Å². The Kier molecular flexibility index (Phi) is 7.49. The summed E-state index contributed by atoms with van der Waals surface area (Å²) in [5.74, 6) is 0. The summed E-state index contributed by atoms with van der Waals surface area (Å²) in [5.41, 5.74) is 1.27. The number of thioether (sulfide) groups is 1. The summed E-state index contributed by atoms with van der Waals surface area (Å²) < 4.78 is 0. The molecule has 0 aliphatic heterocycles. The minimum atomic E-state index is 0.579. The van der Waals surface area contributed by atoms with Gasteiger partial charge in [-0.05, 0) is 50.5 Å². The maximum absolute atomic E-state index is 3.63. The maximum Gasteiger partial charge on any atom is 0.0342 e. The number of hydrogen-bond acceptors (Lipinski definition) is 2. The zero-order valence-corrected chi connectivity index (χ0v) is 14.6. The van der Waals surface area contributed by atoms with Crippen LogP contribution in [-0.4, -0.2) is 11.3 Å². The van der Waals surface area contributed by atoms with Crippen molar-refractivity contribution in [3.63, 3.8) is 0 Å². The molecule has 0 bridgehead atoms. The molecule has 2 rings (SSSR count). The van der Waals surface area contributed by atoms with Gasteiger partial charge in [-0.3, -0.25) is 0 Å². The second kappa shape index (κ2) is 9.40. The van der Waals surface area contributed by atoms with Gasteiger partial charge in [0.2, 0.25) is 0 Å². The zero-order chi connectivity index (χ0) is 14.9. The van der Waals surface area contributed by atoms with Crippen molar-refractivity contribution in [1.82, 2.24) is 0 Å². The van der Waals surface area contributed by atoms with E-state index in [-0.39, 0.29) is 0 Å². The van der Waals surface area contributed by atoms with E-state index in [0.29, 0.717) is 6.04 Å². The molecule has 1 saturated carbocycles. The molecule has 0 heterocycles. The molecule has 1 fully saturated rings. The van der Waals surface area contributed by atoms with Crippen LogP contribution in [0.5, 0.6) is 0 Å². The molecule has 0 amide bonds. The lowest BCUT2D eigenvalue weighted by Crippen LogP contribution is -2.14. The van der Waals surface area contributed by atoms with E-state index < -0.39 is 0 Å². The number of unbranched alkanes of at least 4 members (excludes halogenated alkanes) is 3. The minimum absolute atomic E-state index is 0.579. The van der Waals surface area contributed by atoms with Gasteiger partial charge in [0.25, 0.3) is 0 Å². The van der Waals surface area contributed by atoms with Crippen molar-refractivity contribution in [2.45, 2.75) is 87.8 Å². The smallest absolute Gasteiger partial charge is 0.0342 e. The molecule has 118 valence electrons. The van der Waals surface area contributed by atoms with E-state index in [4.69, 9.17) is 0 Å². The van der Waals surface area contributed by atoms with E-state index in [1.54, 1.807) is 0 Å². The first-order chi connectivity index (χ1) is 10.3. The number of anilines is 1. The normalized spacial score (nSPS) is 17.0. The molecule has 1 aliphatic carbocycles. The molecule has 21 heavy (non-hydrogen) atoms. The van der Waals surface area contributed by atoms with Gasteiger partial charge in [-0.15, -0.1) is 11.8 Å². The third-order valence-electron chi connectivity index (χ3n) is 4.36. The molecular weight excluding hydrogens is 274 g/mol. The first kappa shape index (κ1) is 16.7. The van der Waals surface area contributed by atoms with Crippen molar-refractivity contribution in [2.24, 2.45) is 0 Å². The Labute approximate surface area is 135 Å². The predicted molar refractivity (Wildman–Crippen MR) is 96.4 cm³/mol. The molecule has 1 aliphatic rings. The Balaban J connectivity index is 1.71. The highest BCUT2D eigenvalue weighted by atomic mass is 32.2. The largest absolute Gasteiger partial charge is 0.383 e. The topological polar surface area (TPSA) is 12.0 Å². The standard InChI is InChI=1S/C19H31NS/c1-3-4-5-6-9-16(2)20-17-12-14-19(15-13-17)21-18-10-7-8-11-18/h12-16,18,20H,3-11H2,1-2H3. The number of hydrogen-bond donors (Lipinski definition) is 1. The Bertz CT molecular complexity index is 381. The van der Waals surface area contributed by atoms with Gasteiger partial charge in [-0.1, -0.05) is 45.4 Å². The van der Waals surface area contributed by atoms with Crippen LogP contribution in [0.3, 0.4) is 0 Å². The highest BCUT2D eigenvalue weighted by Gasteiger charge is 2.15. The molecule has 1 nitrogen and oxygen atoms in total. The van der Waals surface area contributed by atoms with Crippen molar-refractivity contribution < 1.29 is 0 Å². The van der Waals surface area contributed by atoms with E-state index in [1.165, 1.54) is 68.4 Å². The summed E-state index contributed by atoms with van der Waals surface area (Å²) in [6.45, 7) is 4.57. The SMILES string of the molecule is CCCCCCC(C)Nc1ccc(SC2CCCC2)cc1. The monoisotopic (exact) mass is 305 g/mol. The van der Waals surface area contributed by atoms with Gasteiger partial charge in [0.05, 0.1) is 0 Å². The summed E-state index contributed by atoms with van der Waals surface area (Å²) in [6.07, 6.45) is 12.3. The average molecular weight is 306 g/mol. The highest BCUT2D eigenvalue weighted by molar-refractivity contribution is 8.00. The molecule has 2 heteroatoms. The van der Waals surface area contributed by atoms with Crippen LogP contribution in [-0.2, 0) is 0 Å². The van der Waals surface area contributed by atoms with Crippen LogP contribution >= 0.6 is 11.8 Å². The molecular formula is C19H31NS. The highest BCUT2D eigenvalue weighted by Crippen LogP contribution is 2.35. The van der Waals surface area contributed by atoms with E-state index in [0.717, 1.165) is 5.25 Å². The molecule has 0 spiro atoms. The lowest BCUT2D eigenvalue weighted by Gasteiger charge is -2.16. The summed E-state index contributed by atoms with van der Waals surface area (Å²) in [5, 5.41) is 4.49. The van der Waals surface area contributed by atoms with E-state index in [2.05, 4.69) is 55.2 Å². The van der Waals surface area contributed by atoms with Crippen molar-refractivity contribution in [1.29, 1.82) is 0 Å². The number of benzene rings is 1. The fourth-order valence-electron chi connectivity index (χ4n) is 3.06. The molecule has 1 atom stereocenters. The zero-order valence-electron chi connectivity index (χ0n) is 13.7. The Morgan fingerprint density at radius 2 is 1.81 bits per heavy atom. The van der Waals surface area contributed by atoms with Gasteiger partial charge >= 0.3 is 0 Å². The quantitative estimate of drug-likeness (QED) is 0.523. The second-order valence-electron chi connectivity index (χ2n) is 6.44. The van der Waals surface area contributed by atoms with Crippen LogP contribution < -0.4 is 5.32 Å². The van der Waals surface area contributed by atoms with Gasteiger partial charge in [-0.25, -0.2) is 0 Å². The van der Waals surface area contributed by atoms with E-state index in [1.807, 2.05) is 0 Å². The van der Waals surface area contributed by atoms with Crippen molar-refractivity contribution in [2.75, 3.05) is 5.32 Å². The fourth-order valence-corrected chi connectivity index (χ4v) is 4.31. The Morgan fingerprint density at radius 3 is 2.48 bits per heavy atom. The molecule has 0 radical (unpaired) electrons. The van der Waals surface area contributed by atoms with E-state index in [9.17, 15) is 0 Å². The van der Waals surface area contributed by atoms with Crippen molar-refractivity contribution in [3.05, 3.63) is 24.3 Å². The lowest BCUT2D eigenvalue weighted by atomic mass is 10.1. The molecule has 0 saturated heterocycles. The fraction of sp³-hybridized carbons (Fsp3) is 0.684. The van der Waals surface area contributed by atoms with Gasteiger partial charge in [0.15, 0.2) is 0 Å².